The Bertz CT molecular complexity index is 4000. The molecule has 0 aliphatic rings. The molecule has 3 aromatic carbocycles. The zero-order chi connectivity index (χ0) is 67.5. The van der Waals surface area contributed by atoms with E-state index in [2.05, 4.69) is 66.2 Å². The predicted octanol–water partition coefficient (Wildman–Crippen LogP) is 5.40. The Labute approximate surface area is 645 Å². The minimum Gasteiger partial charge on any atom is -1.00 e. The Balaban J connectivity index is 0. The number of sulfone groups is 3. The zero-order valence-corrected chi connectivity index (χ0v) is 66.4. The average Bonchev–Trinajstić information content (AvgIpc) is 1.32. The van der Waals surface area contributed by atoms with Crippen LogP contribution in [0.15, 0.2) is 87.9 Å². The summed E-state index contributed by atoms with van der Waals surface area (Å²) in [6, 6.07) is 14.1. The smallest absolute Gasteiger partial charge is 1.00 e. The van der Waals surface area contributed by atoms with Crippen molar-refractivity contribution in [3.63, 3.8) is 0 Å². The first-order valence-corrected chi connectivity index (χ1v) is 33.3. The molecule has 0 saturated heterocycles. The third kappa shape index (κ3) is 24.1. The molecule has 0 unspecified atom stereocenters. The van der Waals surface area contributed by atoms with Crippen molar-refractivity contribution in [3.8, 4) is 17.2 Å². The van der Waals surface area contributed by atoms with Crippen LogP contribution in [0.3, 0.4) is 0 Å². The van der Waals surface area contributed by atoms with Gasteiger partial charge in [0, 0.05) is 102 Å². The maximum Gasteiger partial charge on any atom is 1.00 e. The van der Waals surface area contributed by atoms with Crippen LogP contribution in [0.2, 0.25) is 10.0 Å². The number of H-pyrrole nitrogens is 2. The van der Waals surface area contributed by atoms with Crippen molar-refractivity contribution < 1.29 is 173 Å². The third-order valence-corrected chi connectivity index (χ3v) is 21.3. The summed E-state index contributed by atoms with van der Waals surface area (Å²) in [5, 5.41) is 38.9. The quantitative estimate of drug-likeness (QED) is 0.0202. The molecule has 6 N–H and O–H groups in total. The van der Waals surface area contributed by atoms with Crippen LogP contribution in [0.25, 0.3) is 32.7 Å². The fourth-order valence-electron chi connectivity index (χ4n) is 7.15. The fraction of sp³-hybridized carbons (Fsp3) is 0.433. The van der Waals surface area contributed by atoms with E-state index < -0.39 is 43.8 Å². The van der Waals surface area contributed by atoms with E-state index in [4.69, 9.17) is 57.9 Å². The molecular weight excluding hydrogens is 1410 g/mol. The van der Waals surface area contributed by atoms with Crippen LogP contribution in [0, 0.1) is 27.7 Å². The van der Waals surface area contributed by atoms with E-state index in [1.165, 1.54) is 24.4 Å². The second-order valence-electron chi connectivity index (χ2n) is 22.1. The summed E-state index contributed by atoms with van der Waals surface area (Å²) < 4.78 is 100. The van der Waals surface area contributed by atoms with Gasteiger partial charge in [0.15, 0.2) is 35.3 Å². The molecule has 32 heteroatoms. The van der Waals surface area contributed by atoms with E-state index in [1.54, 1.807) is 132 Å². The topological polar surface area (TPSA) is 352 Å². The van der Waals surface area contributed by atoms with Gasteiger partial charge in [-0.3, -0.25) is 29.9 Å². The van der Waals surface area contributed by atoms with Crippen molar-refractivity contribution in [1.82, 2.24) is 35.3 Å². The van der Waals surface area contributed by atoms with Gasteiger partial charge in [0.2, 0.25) is 0 Å². The molecule has 92 heavy (non-hydrogen) atoms. The Morgan fingerprint density at radius 2 is 0.978 bits per heavy atom. The maximum absolute atomic E-state index is 13.3. The number of methoxy groups -OCH3 is 3. The van der Waals surface area contributed by atoms with Crippen LogP contribution in [0.4, 0.5) is 17.3 Å². The van der Waals surface area contributed by atoms with Gasteiger partial charge in [-0.15, -0.1) is 0 Å². The van der Waals surface area contributed by atoms with Gasteiger partial charge in [0.1, 0.15) is 51.0 Å². The minimum absolute atomic E-state index is 0. The Hall–Kier alpha value is -3.20. The number of nitrogens with two attached hydrogens (primary N) is 1. The standard InChI is InChI=1S/C21H28N4O4S.C16H20ClNO4S.C13H14ClNO3S.C5H9N3.C3H7BrO.CH2O3.CH4.2K.H/c1-13-14(2)24-25-20(13)23-16-7-8-22-17-12-18(29-10-9-28-6)19(11-15(16)17)30(26,27)21(3,4)5;1-16(2,3)23(19,20)15-9-11-12(17)5-6-18-13(11)10-14(15)22-8-7-21-4;1-13(2,3)19(17,18)12-6-8-9(14)4-5-15-10(8)7-11(12)16;1-3-4(2)7-8-5(3)6;1-5-3-2-4;2-1-4-3;;;;/h7-8,11-12H,9-10H2,1-6H3,(H2,22,23,24,25);5-6,9-10H,7-8H2,1-4H3;4-7,16H,1-3H3;1-2H3,(H3,6,7,8);2-3H2,1H3;1,3H;1H4;;;/q;;;;;;;2*+1;-1/p-1. The second-order valence-corrected chi connectivity index (χ2v) is 31.7. The van der Waals surface area contributed by atoms with Crippen LogP contribution in [0.5, 0.6) is 17.2 Å². The fourth-order valence-corrected chi connectivity index (χ4v) is 11.8. The number of pyridine rings is 3. The van der Waals surface area contributed by atoms with E-state index in [1.807, 2.05) is 27.7 Å². The molecule has 5 heterocycles. The number of halogens is 3. The first kappa shape index (κ1) is 88.8. The number of alkyl halides is 1. The number of hydrogen-bond donors (Lipinski definition) is 5. The molecule has 500 valence electrons. The number of fused-ring (bicyclic) bond motifs is 3. The normalized spacial score (nSPS) is 11.3. The third-order valence-electron chi connectivity index (χ3n) is 12.8. The summed E-state index contributed by atoms with van der Waals surface area (Å²) >= 11 is 15.4. The van der Waals surface area contributed by atoms with E-state index >= 15 is 0 Å². The van der Waals surface area contributed by atoms with E-state index in [0.29, 0.717) is 73.3 Å². The molecule has 0 bridgehead atoms. The van der Waals surface area contributed by atoms with Crippen LogP contribution < -0.4 is 129 Å². The molecular formula is C60H84BrCl2K2N9O15S3. The van der Waals surface area contributed by atoms with Gasteiger partial charge in [-0.25, -0.2) is 25.3 Å². The number of benzene rings is 3. The molecule has 0 amide bonds. The number of nitrogen functional groups attached to an aromatic ring is 1. The van der Waals surface area contributed by atoms with E-state index in [0.717, 1.165) is 34.5 Å². The number of nitrogens with zero attached hydrogens (tertiary/aromatic N) is 5. The number of carbonyl (C=O) groups excluding carboxylic acids is 1. The Morgan fingerprint density at radius 3 is 1.32 bits per heavy atom. The number of nitrogens with one attached hydrogen (secondary N) is 3. The van der Waals surface area contributed by atoms with Gasteiger partial charge < -0.3 is 51.4 Å². The Morgan fingerprint density at radius 1 is 0.609 bits per heavy atom. The number of ether oxygens (including phenoxy) is 5. The number of carbonyl (C=O) groups is 1. The molecule has 0 spiro atoms. The number of aromatic amines is 2. The van der Waals surface area contributed by atoms with Gasteiger partial charge in [-0.2, -0.15) is 10.2 Å². The number of hydrogen-bond acceptors (Lipinski definition) is 22. The predicted molar refractivity (Wildman–Crippen MR) is 357 cm³/mol. The number of aromatic hydroxyl groups is 1. The molecule has 0 fully saturated rings. The molecule has 0 radical (unpaired) electrons. The number of anilines is 3. The molecule has 0 atom stereocenters. The van der Waals surface area contributed by atoms with Gasteiger partial charge in [-0.05, 0) is 126 Å². The summed E-state index contributed by atoms with van der Waals surface area (Å²) in [5.74, 6) is 1.51. The van der Waals surface area contributed by atoms with Crippen LogP contribution in [-0.4, -0.2) is 146 Å². The second kappa shape index (κ2) is 39.9. The monoisotopic (exact) mass is 1490 g/mol. The number of phenols is 1. The Kier molecular flexibility index (Phi) is 38.5. The summed E-state index contributed by atoms with van der Waals surface area (Å²) in [6.07, 6.45) is 4.74. The van der Waals surface area contributed by atoms with Crippen LogP contribution in [-0.2, 0) is 53.4 Å². The van der Waals surface area contributed by atoms with Crippen molar-refractivity contribution in [2.45, 2.75) is 126 Å². The van der Waals surface area contributed by atoms with E-state index in [9.17, 15) is 30.4 Å². The van der Waals surface area contributed by atoms with Crippen molar-refractivity contribution in [2.24, 2.45) is 0 Å². The van der Waals surface area contributed by atoms with Gasteiger partial charge >= 0.3 is 103 Å². The van der Waals surface area contributed by atoms with Gasteiger partial charge in [-0.1, -0.05) is 46.6 Å². The summed E-state index contributed by atoms with van der Waals surface area (Å²) in [5.41, 5.74) is 11.8. The molecule has 0 aliphatic carbocycles. The first-order chi connectivity index (χ1) is 41.4. The van der Waals surface area contributed by atoms with Gasteiger partial charge in [0.25, 0.3) is 6.47 Å². The SMILES string of the molecule is C.CC(C)(C)S(=O)(=O)c1cc2c(Cl)ccnc2cc1O.COCCBr.COCCOc1cc2nccc(Cl)c2cc1S(=O)(=O)C(C)(C)C.COCCOc1cc2nccc(Nc3n[nH]c(C)c3C)c2cc1S(=O)(=O)C(C)(C)C.Cc1[nH]nc(N)c1C.O=CO[O-].[H-].[K+].[K+]. The molecule has 0 saturated carbocycles. The van der Waals surface area contributed by atoms with Crippen molar-refractivity contribution in [3.05, 3.63) is 106 Å². The van der Waals surface area contributed by atoms with Crippen molar-refractivity contribution >= 4 is 125 Å². The number of phenolic OH excluding ortho intramolecular Hbond substituents is 1. The molecule has 8 rings (SSSR count). The average molecular weight is 1500 g/mol. The first-order valence-electron chi connectivity index (χ1n) is 27.0. The minimum atomic E-state index is -3.67. The number of rotatable bonds is 16. The molecule has 5 aromatic heterocycles. The molecule has 24 nitrogen and oxygen atoms in total. The maximum atomic E-state index is 13.3. The van der Waals surface area contributed by atoms with Crippen LogP contribution >= 0.6 is 39.1 Å². The largest absolute Gasteiger partial charge is 1.00 e. The number of aromatic nitrogens is 7. The number of aryl methyl sites for hydroxylation is 2. The molecule has 8 aromatic rings. The summed E-state index contributed by atoms with van der Waals surface area (Å²) in [4.78, 5) is 24.1. The van der Waals surface area contributed by atoms with Crippen LogP contribution in [0.1, 0.15) is 93.7 Å². The molecule has 0 aliphatic heterocycles. The zero-order valence-electron chi connectivity index (χ0n) is 55.6. The van der Waals surface area contributed by atoms with Crippen molar-refractivity contribution in [1.29, 1.82) is 0 Å². The summed E-state index contributed by atoms with van der Waals surface area (Å²) in [7, 11) is -6.13. The van der Waals surface area contributed by atoms with Gasteiger partial charge in [0.05, 0.1) is 66.3 Å². The van der Waals surface area contributed by atoms with Crippen molar-refractivity contribution in [2.75, 3.05) is 70.7 Å². The summed E-state index contributed by atoms with van der Waals surface area (Å²) in [6.45, 7) is 24.3. The van der Waals surface area contributed by atoms with E-state index in [-0.39, 0.29) is 163 Å².